The molecular formula is O2PdZr. The second kappa shape index (κ2) is 31.3. The first-order valence-corrected chi connectivity index (χ1v) is 1.97. The van der Waals surface area contributed by atoms with Crippen molar-refractivity contribution in [2.75, 3.05) is 0 Å². The van der Waals surface area contributed by atoms with Gasteiger partial charge in [0.25, 0.3) is 0 Å². The molecule has 0 aliphatic carbocycles. The van der Waals surface area contributed by atoms with E-state index in [4.69, 9.17) is 6.28 Å². The summed E-state index contributed by atoms with van der Waals surface area (Å²) in [5, 5.41) is 0. The molecule has 0 unspecified atom stereocenters. The summed E-state index contributed by atoms with van der Waals surface area (Å²) in [4.78, 5) is 0. The summed E-state index contributed by atoms with van der Waals surface area (Å²) in [5.41, 5.74) is 0. The maximum atomic E-state index is 8.34. The number of hydrogen-bond donors (Lipinski definition) is 0. The van der Waals surface area contributed by atoms with E-state index in [1.54, 1.807) is 0 Å². The monoisotopic (exact) mass is 228 g/mol. The minimum absolute atomic E-state index is 0.300. The fourth-order valence-corrected chi connectivity index (χ4v) is 0. The van der Waals surface area contributed by atoms with E-state index in [1.165, 1.54) is 19.2 Å². The van der Waals surface area contributed by atoms with Gasteiger partial charge in [-0.05, 0) is 0 Å². The van der Waals surface area contributed by atoms with Gasteiger partial charge in [-0.25, -0.2) is 0 Å². The second-order valence-electron chi connectivity index (χ2n) is 0. The van der Waals surface area contributed by atoms with Crippen LogP contribution in [-0.2, 0) is 50.2 Å². The summed E-state index contributed by atoms with van der Waals surface area (Å²) in [5.74, 6) is 0. The van der Waals surface area contributed by atoms with Crippen LogP contribution in [0.2, 0.25) is 0 Å². The first-order chi connectivity index (χ1) is 2.00. The fourth-order valence-electron chi connectivity index (χ4n) is 0. The quantitative estimate of drug-likeness (QED) is 0.538. The normalized spacial score (nSPS) is 2.25. The van der Waals surface area contributed by atoms with E-state index >= 15 is 0 Å². The van der Waals surface area contributed by atoms with E-state index in [0.717, 1.165) is 0 Å². The summed E-state index contributed by atoms with van der Waals surface area (Å²) in [7, 11) is 0. The summed E-state index contributed by atoms with van der Waals surface area (Å²) >= 11 is 1.80. The molecule has 0 bridgehead atoms. The fraction of sp³-hybridized carbons (Fsp3) is 0. The molecule has 0 fully saturated rings. The Balaban J connectivity index is 0. The summed E-state index contributed by atoms with van der Waals surface area (Å²) in [6.07, 6.45) is 0. The molecule has 4 heavy (non-hydrogen) atoms. The molecule has 0 aromatic heterocycles. The van der Waals surface area contributed by atoms with Crippen molar-refractivity contribution in [1.82, 2.24) is 0 Å². The molecule has 4 heteroatoms. The Labute approximate surface area is 49.9 Å². The van der Waals surface area contributed by atoms with Crippen LogP contribution >= 0.6 is 0 Å². The molecule has 0 aliphatic rings. The van der Waals surface area contributed by atoms with Crippen molar-refractivity contribution in [1.29, 1.82) is 0 Å². The molecule has 0 rings (SSSR count). The van der Waals surface area contributed by atoms with Gasteiger partial charge in [-0.3, -0.25) is 0 Å². The van der Waals surface area contributed by atoms with Crippen LogP contribution < -0.4 is 0 Å². The standard InChI is InChI=1S/2O.Pd.Zr. The van der Waals surface area contributed by atoms with Gasteiger partial charge in [0.15, 0.2) is 0 Å². The Morgan fingerprint density at radius 1 is 1.25 bits per heavy atom. The molecule has 0 saturated heterocycles. The van der Waals surface area contributed by atoms with Crippen LogP contribution in [0.3, 0.4) is 0 Å². The minimum atomic E-state index is 0.300. The summed E-state index contributed by atoms with van der Waals surface area (Å²) in [6.45, 7) is 0. The Morgan fingerprint density at radius 2 is 1.25 bits per heavy atom. The SMILES string of the molecule is [O]=[Pd].[O]=[Zr]. The molecule has 0 amide bonds. The van der Waals surface area contributed by atoms with E-state index < -0.39 is 0 Å². The van der Waals surface area contributed by atoms with Crippen molar-refractivity contribution >= 4 is 0 Å². The van der Waals surface area contributed by atoms with Crippen LogP contribution in [0.4, 0.5) is 0 Å². The third-order valence-electron chi connectivity index (χ3n) is 0. The zero-order valence-electron chi connectivity index (χ0n) is 1.63. The molecule has 0 aliphatic heterocycles. The molecule has 0 heterocycles. The van der Waals surface area contributed by atoms with Gasteiger partial charge in [0.05, 0.1) is 0 Å². The van der Waals surface area contributed by atoms with Gasteiger partial charge in [-0.2, -0.15) is 0 Å². The van der Waals surface area contributed by atoms with Crippen LogP contribution in [0.1, 0.15) is 0 Å². The van der Waals surface area contributed by atoms with Crippen LogP contribution in [0.15, 0.2) is 0 Å². The second-order valence-corrected chi connectivity index (χ2v) is 0. The van der Waals surface area contributed by atoms with E-state index in [1.807, 2.05) is 0 Å². The average Bonchev–Trinajstić information content (AvgIpc) is 1.50. The van der Waals surface area contributed by atoms with E-state index in [-0.39, 0.29) is 0 Å². The van der Waals surface area contributed by atoms with Gasteiger partial charge in [0.2, 0.25) is 0 Å². The molecule has 0 N–H and O–H groups in total. The van der Waals surface area contributed by atoms with Gasteiger partial charge in [-0.15, -0.1) is 0 Å². The van der Waals surface area contributed by atoms with Gasteiger partial charge in [-0.1, -0.05) is 0 Å². The third-order valence-corrected chi connectivity index (χ3v) is 0. The van der Waals surface area contributed by atoms with E-state index in [9.17, 15) is 0 Å². The van der Waals surface area contributed by atoms with Crippen molar-refractivity contribution in [3.8, 4) is 0 Å². The van der Waals surface area contributed by atoms with Crippen molar-refractivity contribution in [2.24, 2.45) is 0 Å². The van der Waals surface area contributed by atoms with Crippen LogP contribution in [0.25, 0.3) is 0 Å². The van der Waals surface area contributed by atoms with Crippen LogP contribution in [-0.4, -0.2) is 0 Å². The van der Waals surface area contributed by atoms with Gasteiger partial charge < -0.3 is 0 Å². The predicted molar refractivity (Wildman–Crippen MR) is 1.37 cm³/mol. The van der Waals surface area contributed by atoms with Gasteiger partial charge in [0, 0.05) is 0 Å². The van der Waals surface area contributed by atoms with Gasteiger partial charge >= 0.3 is 50.2 Å². The van der Waals surface area contributed by atoms with Crippen molar-refractivity contribution in [2.45, 2.75) is 0 Å². The molecule has 0 atom stereocenters. The van der Waals surface area contributed by atoms with Crippen LogP contribution in [0, 0.1) is 0 Å². The molecule has 2 nitrogen and oxygen atoms in total. The molecule has 0 aromatic rings. The third kappa shape index (κ3) is 11.0. The molecule has 0 spiro atoms. The van der Waals surface area contributed by atoms with Crippen molar-refractivity contribution in [3.05, 3.63) is 0 Å². The maximum absolute atomic E-state index is 8.34. The Kier molecular flexibility index (Phi) is 69.8. The Morgan fingerprint density at radius 3 is 1.25 bits per heavy atom. The Bertz CT molecular complexity index is 8.00. The zero-order valence-corrected chi connectivity index (χ0v) is 5.65. The molecule has 26 valence electrons. The molecule has 0 radical (unpaired) electrons. The number of hydrogen-bond acceptors (Lipinski definition) is 2. The first-order valence-electron chi connectivity index (χ1n) is 0.333. The zero-order chi connectivity index (χ0) is 4.00. The summed E-state index contributed by atoms with van der Waals surface area (Å²) < 4.78 is 16.4. The van der Waals surface area contributed by atoms with E-state index in [0.29, 0.717) is 24.7 Å². The number of rotatable bonds is 0. The van der Waals surface area contributed by atoms with Crippen LogP contribution in [0.5, 0.6) is 0 Å². The summed E-state index contributed by atoms with van der Waals surface area (Å²) in [6, 6.07) is 0. The predicted octanol–water partition coefficient (Wildman–Crippen LogP) is -0.243. The van der Waals surface area contributed by atoms with E-state index in [2.05, 4.69) is 0 Å². The molecular weight excluding hydrogens is 230 g/mol. The average molecular weight is 230 g/mol. The topological polar surface area (TPSA) is 34.1 Å². The molecule has 0 aromatic carbocycles. The van der Waals surface area contributed by atoms with Gasteiger partial charge in [0.1, 0.15) is 0 Å². The molecule has 0 saturated carbocycles. The van der Waals surface area contributed by atoms with Crippen molar-refractivity contribution in [3.63, 3.8) is 0 Å². The van der Waals surface area contributed by atoms with Crippen molar-refractivity contribution < 1.29 is 50.2 Å². The Hall–Kier alpha value is 1.15. The first kappa shape index (κ1) is 8.94.